The minimum absolute atomic E-state index is 0.0104. The number of carbonyl (C=O) groups is 1. The van der Waals surface area contributed by atoms with Crippen LogP contribution in [0, 0.1) is 17.7 Å². The predicted octanol–water partition coefficient (Wildman–Crippen LogP) is 2.91. The number of carbonyl (C=O) groups excluding carboxylic acids is 1. The highest BCUT2D eigenvalue weighted by atomic mass is 19.1. The molecule has 1 aliphatic carbocycles. The van der Waals surface area contributed by atoms with E-state index in [0.29, 0.717) is 36.0 Å². The Bertz CT molecular complexity index is 896. The Hall–Kier alpha value is -2.74. The number of halogens is 1. The molecule has 1 amide bonds. The molecule has 2 fully saturated rings. The van der Waals surface area contributed by atoms with Crippen LogP contribution in [0.3, 0.4) is 0 Å². The summed E-state index contributed by atoms with van der Waals surface area (Å²) in [6, 6.07) is 4.33. The first-order chi connectivity index (χ1) is 14.0. The lowest BCUT2D eigenvalue weighted by Crippen LogP contribution is -2.36. The molecular weight excluding hydrogens is 373 g/mol. The molecule has 1 aromatic heterocycles. The number of hydrogen-bond donors (Lipinski definition) is 2. The summed E-state index contributed by atoms with van der Waals surface area (Å²) in [5, 5.41) is 6.79. The molecule has 2 heterocycles. The van der Waals surface area contributed by atoms with E-state index >= 15 is 0 Å². The van der Waals surface area contributed by atoms with E-state index in [1.54, 1.807) is 11.1 Å². The SMILES string of the molecule is CCN(C(=O)c1cc(F)ccc1Oc1cncnc1NC1C2CNCC21)C(C)C. The van der Waals surface area contributed by atoms with Crippen molar-refractivity contribution in [2.75, 3.05) is 25.0 Å². The lowest BCUT2D eigenvalue weighted by atomic mass is 10.1. The number of rotatable bonds is 7. The second-order valence-corrected chi connectivity index (χ2v) is 7.82. The summed E-state index contributed by atoms with van der Waals surface area (Å²) in [6.07, 6.45) is 3.02. The van der Waals surface area contributed by atoms with Crippen molar-refractivity contribution in [2.24, 2.45) is 11.8 Å². The topological polar surface area (TPSA) is 79.4 Å². The van der Waals surface area contributed by atoms with Gasteiger partial charge >= 0.3 is 0 Å². The lowest BCUT2D eigenvalue weighted by molar-refractivity contribution is 0.0713. The molecular formula is C21H26FN5O2. The molecule has 7 nitrogen and oxygen atoms in total. The van der Waals surface area contributed by atoms with E-state index < -0.39 is 5.82 Å². The van der Waals surface area contributed by atoms with E-state index in [-0.39, 0.29) is 23.3 Å². The van der Waals surface area contributed by atoms with Crippen LogP contribution in [-0.4, -0.2) is 52.5 Å². The zero-order valence-electron chi connectivity index (χ0n) is 16.9. The highest BCUT2D eigenvalue weighted by Gasteiger charge is 2.53. The minimum Gasteiger partial charge on any atom is -0.451 e. The number of nitrogens with zero attached hydrogens (tertiary/aromatic N) is 3. The Morgan fingerprint density at radius 3 is 2.79 bits per heavy atom. The molecule has 1 aromatic carbocycles. The average molecular weight is 399 g/mol. The molecule has 1 saturated heterocycles. The van der Waals surface area contributed by atoms with Crippen LogP contribution in [0.1, 0.15) is 31.1 Å². The van der Waals surface area contributed by atoms with Crippen molar-refractivity contribution < 1.29 is 13.9 Å². The highest BCUT2D eigenvalue weighted by Crippen LogP contribution is 2.44. The molecule has 29 heavy (non-hydrogen) atoms. The number of hydrogen-bond acceptors (Lipinski definition) is 6. The first-order valence-corrected chi connectivity index (χ1v) is 10.0. The van der Waals surface area contributed by atoms with Crippen molar-refractivity contribution in [3.05, 3.63) is 42.1 Å². The summed E-state index contributed by atoms with van der Waals surface area (Å²) in [6.45, 7) is 8.27. The molecule has 2 aliphatic rings. The highest BCUT2D eigenvalue weighted by molar-refractivity contribution is 5.97. The number of anilines is 1. The number of benzene rings is 1. The van der Waals surface area contributed by atoms with Crippen LogP contribution in [0.15, 0.2) is 30.7 Å². The maximum Gasteiger partial charge on any atom is 0.257 e. The number of piperidine rings is 1. The van der Waals surface area contributed by atoms with E-state index in [1.807, 2.05) is 20.8 Å². The molecule has 8 heteroatoms. The van der Waals surface area contributed by atoms with Crippen LogP contribution in [0.25, 0.3) is 0 Å². The summed E-state index contributed by atoms with van der Waals surface area (Å²) < 4.78 is 20.0. The van der Waals surface area contributed by atoms with Crippen LogP contribution in [0.2, 0.25) is 0 Å². The molecule has 0 radical (unpaired) electrons. The molecule has 154 valence electrons. The number of amides is 1. The van der Waals surface area contributed by atoms with Gasteiger partial charge in [-0.25, -0.2) is 14.4 Å². The smallest absolute Gasteiger partial charge is 0.257 e. The van der Waals surface area contributed by atoms with Crippen LogP contribution in [-0.2, 0) is 0 Å². The number of ether oxygens (including phenoxy) is 1. The van der Waals surface area contributed by atoms with Gasteiger partial charge in [-0.2, -0.15) is 0 Å². The van der Waals surface area contributed by atoms with Gasteiger partial charge in [-0.1, -0.05) is 0 Å². The van der Waals surface area contributed by atoms with Crippen LogP contribution in [0.4, 0.5) is 10.2 Å². The van der Waals surface area contributed by atoms with Gasteiger partial charge in [-0.05, 0) is 50.8 Å². The molecule has 2 aromatic rings. The van der Waals surface area contributed by atoms with Gasteiger partial charge in [0.05, 0.1) is 11.8 Å². The van der Waals surface area contributed by atoms with Gasteiger partial charge in [0.2, 0.25) is 0 Å². The van der Waals surface area contributed by atoms with Gasteiger partial charge in [0.1, 0.15) is 17.9 Å². The van der Waals surface area contributed by atoms with E-state index in [2.05, 4.69) is 20.6 Å². The van der Waals surface area contributed by atoms with Crippen molar-refractivity contribution in [1.29, 1.82) is 0 Å². The third-order valence-electron chi connectivity index (χ3n) is 5.69. The maximum atomic E-state index is 13.9. The zero-order chi connectivity index (χ0) is 20.5. The summed E-state index contributed by atoms with van der Waals surface area (Å²) in [7, 11) is 0. The second kappa shape index (κ2) is 7.94. The Morgan fingerprint density at radius 1 is 1.34 bits per heavy atom. The average Bonchev–Trinajstić information content (AvgIpc) is 3.11. The molecule has 4 rings (SSSR count). The van der Waals surface area contributed by atoms with Gasteiger partial charge in [-0.3, -0.25) is 4.79 Å². The van der Waals surface area contributed by atoms with Crippen molar-refractivity contribution in [1.82, 2.24) is 20.2 Å². The van der Waals surface area contributed by atoms with Crippen LogP contribution in [0.5, 0.6) is 11.5 Å². The van der Waals surface area contributed by atoms with Gasteiger partial charge in [-0.15, -0.1) is 0 Å². The fourth-order valence-corrected chi connectivity index (χ4v) is 4.07. The molecule has 1 aliphatic heterocycles. The molecule has 2 unspecified atom stereocenters. The van der Waals surface area contributed by atoms with Gasteiger partial charge in [0, 0.05) is 31.7 Å². The van der Waals surface area contributed by atoms with Crippen molar-refractivity contribution in [2.45, 2.75) is 32.9 Å². The van der Waals surface area contributed by atoms with Crippen molar-refractivity contribution >= 4 is 11.7 Å². The van der Waals surface area contributed by atoms with Crippen LogP contribution >= 0.6 is 0 Å². The number of nitrogens with one attached hydrogen (secondary N) is 2. The second-order valence-electron chi connectivity index (χ2n) is 7.82. The molecule has 0 spiro atoms. The van der Waals surface area contributed by atoms with E-state index in [9.17, 15) is 9.18 Å². The fourth-order valence-electron chi connectivity index (χ4n) is 4.07. The summed E-state index contributed by atoms with van der Waals surface area (Å²) in [4.78, 5) is 23.1. The lowest BCUT2D eigenvalue weighted by Gasteiger charge is -2.26. The third-order valence-corrected chi connectivity index (χ3v) is 5.69. The minimum atomic E-state index is -0.485. The summed E-state index contributed by atoms with van der Waals surface area (Å²) >= 11 is 0. The molecule has 1 saturated carbocycles. The largest absolute Gasteiger partial charge is 0.451 e. The normalized spacial score (nSPS) is 22.3. The number of fused-ring (bicyclic) bond motifs is 1. The third kappa shape index (κ3) is 3.89. The Labute approximate surface area is 169 Å². The Morgan fingerprint density at radius 2 is 2.10 bits per heavy atom. The molecule has 2 N–H and O–H groups in total. The van der Waals surface area contributed by atoms with Crippen molar-refractivity contribution in [3.63, 3.8) is 0 Å². The molecule has 0 bridgehead atoms. The predicted molar refractivity (Wildman–Crippen MR) is 108 cm³/mol. The molecule has 2 atom stereocenters. The standard InChI is InChI=1S/C21H26FN5O2/c1-4-27(12(2)3)21(28)14-7-13(22)5-6-17(14)29-18-10-24-11-25-20(18)26-19-15-8-23-9-16(15)19/h5-7,10-12,15-16,19,23H,4,8-9H2,1-3H3,(H,24,25,26). The summed E-state index contributed by atoms with van der Waals surface area (Å²) in [5.74, 6) is 1.73. The van der Waals surface area contributed by atoms with E-state index in [0.717, 1.165) is 13.1 Å². The fraction of sp³-hybridized carbons (Fsp3) is 0.476. The van der Waals surface area contributed by atoms with Gasteiger partial charge < -0.3 is 20.3 Å². The van der Waals surface area contributed by atoms with Gasteiger partial charge in [0.15, 0.2) is 11.6 Å². The van der Waals surface area contributed by atoms with E-state index in [1.165, 1.54) is 24.5 Å². The van der Waals surface area contributed by atoms with Gasteiger partial charge in [0.25, 0.3) is 5.91 Å². The zero-order valence-corrected chi connectivity index (χ0v) is 16.9. The number of aromatic nitrogens is 2. The maximum absolute atomic E-state index is 13.9. The first-order valence-electron chi connectivity index (χ1n) is 10.0. The first kappa shape index (κ1) is 19.6. The Kier molecular flexibility index (Phi) is 5.36. The monoisotopic (exact) mass is 399 g/mol. The van der Waals surface area contributed by atoms with E-state index in [4.69, 9.17) is 4.74 Å². The summed E-state index contributed by atoms with van der Waals surface area (Å²) in [5.41, 5.74) is 0.183. The van der Waals surface area contributed by atoms with Crippen molar-refractivity contribution in [3.8, 4) is 11.5 Å². The quantitative estimate of drug-likeness (QED) is 0.745. The Balaban J connectivity index is 1.59. The van der Waals surface area contributed by atoms with Crippen LogP contribution < -0.4 is 15.4 Å².